The maximum atomic E-state index is 12.3. The second-order valence-electron chi connectivity index (χ2n) is 6.51. The van der Waals surface area contributed by atoms with E-state index in [2.05, 4.69) is 21.2 Å². The van der Waals surface area contributed by atoms with Crippen LogP contribution in [-0.2, 0) is 16.2 Å². The Labute approximate surface area is 189 Å². The second kappa shape index (κ2) is 9.47. The van der Waals surface area contributed by atoms with Crippen LogP contribution in [0, 0.1) is 10.1 Å². The Morgan fingerprint density at radius 3 is 2.69 bits per heavy atom. The molecule has 11 nitrogen and oxygen atoms in total. The first-order valence-electron chi connectivity index (χ1n) is 8.99. The van der Waals surface area contributed by atoms with E-state index in [0.29, 0.717) is 32.0 Å². The van der Waals surface area contributed by atoms with Crippen LogP contribution in [0.4, 0.5) is 10.5 Å². The minimum absolute atomic E-state index is 0.0452. The van der Waals surface area contributed by atoms with Crippen LogP contribution in [0.15, 0.2) is 46.6 Å². The summed E-state index contributed by atoms with van der Waals surface area (Å²) in [6, 6.07) is 8.33. The normalized spacial score (nSPS) is 14.4. The van der Waals surface area contributed by atoms with Crippen LogP contribution in [0.3, 0.4) is 0 Å². The van der Waals surface area contributed by atoms with Gasteiger partial charge in [0.05, 0.1) is 12.0 Å². The first kappa shape index (κ1) is 22.7. The molecule has 2 N–H and O–H groups in total. The molecule has 0 bridgehead atoms. The van der Waals surface area contributed by atoms with Gasteiger partial charge in [-0.1, -0.05) is 28.1 Å². The Kier molecular flexibility index (Phi) is 6.73. The van der Waals surface area contributed by atoms with E-state index in [-0.39, 0.29) is 18.0 Å². The highest BCUT2D eigenvalue weighted by Gasteiger charge is 2.35. The molecule has 1 heterocycles. The Morgan fingerprint density at radius 1 is 1.28 bits per heavy atom. The number of nitro groups is 1. The van der Waals surface area contributed by atoms with Crippen molar-refractivity contribution in [2.45, 2.75) is 6.61 Å². The Morgan fingerprint density at radius 2 is 2.03 bits per heavy atom. The van der Waals surface area contributed by atoms with E-state index in [9.17, 15) is 24.5 Å². The monoisotopic (exact) mass is 505 g/mol. The van der Waals surface area contributed by atoms with Gasteiger partial charge in [-0.05, 0) is 29.3 Å². The number of nitrogens with one attached hydrogen (secondary N) is 1. The molecule has 1 fully saturated rings. The molecule has 2 aromatic carbocycles. The maximum absolute atomic E-state index is 12.3. The number of ether oxygens (including phenoxy) is 2. The zero-order valence-electron chi connectivity index (χ0n) is 16.5. The van der Waals surface area contributed by atoms with E-state index >= 15 is 0 Å². The van der Waals surface area contributed by atoms with Crippen LogP contribution in [-0.4, -0.2) is 46.5 Å². The van der Waals surface area contributed by atoms with Crippen molar-refractivity contribution in [2.24, 2.45) is 0 Å². The SMILES string of the molecule is COc1cc(/C=C2/NC(=O)N(CC(=O)O)C2=O)c(Br)cc1OCc1cccc([N+](=O)[O-])c1. The highest BCUT2D eigenvalue weighted by molar-refractivity contribution is 9.10. The van der Waals surface area contributed by atoms with Gasteiger partial charge in [-0.3, -0.25) is 19.7 Å². The number of halogens is 1. The number of carbonyl (C=O) groups is 3. The van der Waals surface area contributed by atoms with Crippen LogP contribution >= 0.6 is 15.9 Å². The molecule has 2 aromatic rings. The predicted molar refractivity (Wildman–Crippen MR) is 114 cm³/mol. The smallest absolute Gasteiger partial charge is 0.329 e. The lowest BCUT2D eigenvalue weighted by atomic mass is 10.1. The van der Waals surface area contributed by atoms with Crippen molar-refractivity contribution in [1.29, 1.82) is 0 Å². The average molecular weight is 506 g/mol. The zero-order valence-corrected chi connectivity index (χ0v) is 18.1. The van der Waals surface area contributed by atoms with Crippen LogP contribution in [0.5, 0.6) is 11.5 Å². The third-order valence-corrected chi connectivity index (χ3v) is 5.04. The molecule has 32 heavy (non-hydrogen) atoms. The third kappa shape index (κ3) is 5.03. The minimum Gasteiger partial charge on any atom is -0.493 e. The summed E-state index contributed by atoms with van der Waals surface area (Å²) < 4.78 is 11.6. The molecule has 166 valence electrons. The molecule has 3 amide bonds. The fourth-order valence-corrected chi connectivity index (χ4v) is 3.30. The van der Waals surface area contributed by atoms with Crippen molar-refractivity contribution in [2.75, 3.05) is 13.7 Å². The van der Waals surface area contributed by atoms with Crippen LogP contribution in [0.2, 0.25) is 0 Å². The zero-order chi connectivity index (χ0) is 23.4. The Balaban J connectivity index is 1.82. The molecule has 1 saturated heterocycles. The van der Waals surface area contributed by atoms with Gasteiger partial charge in [-0.25, -0.2) is 9.69 Å². The summed E-state index contributed by atoms with van der Waals surface area (Å²) in [6.07, 6.45) is 1.37. The lowest BCUT2D eigenvalue weighted by Gasteiger charge is -2.13. The minimum atomic E-state index is -1.32. The van der Waals surface area contributed by atoms with Gasteiger partial charge >= 0.3 is 12.0 Å². The Hall–Kier alpha value is -3.93. The second-order valence-corrected chi connectivity index (χ2v) is 7.37. The van der Waals surface area contributed by atoms with Gasteiger partial charge in [0.2, 0.25) is 0 Å². The molecule has 1 aliphatic heterocycles. The van der Waals surface area contributed by atoms with Gasteiger partial charge in [-0.15, -0.1) is 0 Å². The average Bonchev–Trinajstić information content (AvgIpc) is 3.00. The van der Waals surface area contributed by atoms with E-state index in [0.717, 1.165) is 0 Å². The molecule has 0 radical (unpaired) electrons. The molecule has 12 heteroatoms. The number of nitro benzene ring substituents is 1. The summed E-state index contributed by atoms with van der Waals surface area (Å²) in [6.45, 7) is -0.708. The van der Waals surface area contributed by atoms with E-state index in [4.69, 9.17) is 14.6 Å². The van der Waals surface area contributed by atoms with E-state index in [1.54, 1.807) is 24.3 Å². The number of rotatable bonds is 8. The first-order chi connectivity index (χ1) is 15.2. The molecule has 1 aliphatic rings. The Bertz CT molecular complexity index is 1150. The number of methoxy groups -OCH3 is 1. The highest BCUT2D eigenvalue weighted by atomic mass is 79.9. The first-order valence-corrected chi connectivity index (χ1v) is 9.79. The summed E-state index contributed by atoms with van der Waals surface area (Å²) in [5, 5.41) is 22.1. The number of hydrogen-bond acceptors (Lipinski definition) is 7. The van der Waals surface area contributed by atoms with Crippen molar-refractivity contribution in [3.8, 4) is 11.5 Å². The molecule has 0 atom stereocenters. The number of carboxylic acids is 1. The predicted octanol–water partition coefficient (Wildman–Crippen LogP) is 2.92. The summed E-state index contributed by atoms with van der Waals surface area (Å²) in [4.78, 5) is 46.0. The van der Waals surface area contributed by atoms with Crippen LogP contribution < -0.4 is 14.8 Å². The van der Waals surface area contributed by atoms with E-state index in [1.165, 1.54) is 25.3 Å². The largest absolute Gasteiger partial charge is 0.493 e. The molecular weight excluding hydrogens is 490 g/mol. The lowest BCUT2D eigenvalue weighted by molar-refractivity contribution is -0.384. The number of amides is 3. The van der Waals surface area contributed by atoms with Crippen molar-refractivity contribution in [3.05, 3.63) is 67.8 Å². The fraction of sp³-hybridized carbons (Fsp3) is 0.150. The summed E-state index contributed by atoms with van der Waals surface area (Å²) in [7, 11) is 1.41. The number of carboxylic acid groups (broad SMARTS) is 1. The summed E-state index contributed by atoms with van der Waals surface area (Å²) >= 11 is 3.36. The number of benzene rings is 2. The van der Waals surface area contributed by atoms with Gasteiger partial charge in [0.25, 0.3) is 11.6 Å². The van der Waals surface area contributed by atoms with Crippen molar-refractivity contribution in [3.63, 3.8) is 0 Å². The molecular formula is C20H16BrN3O8. The van der Waals surface area contributed by atoms with E-state index in [1.807, 2.05) is 0 Å². The summed E-state index contributed by atoms with van der Waals surface area (Å²) in [5.41, 5.74) is 0.900. The molecule has 0 aromatic heterocycles. The number of aliphatic carboxylic acids is 1. The fourth-order valence-electron chi connectivity index (χ4n) is 2.86. The summed E-state index contributed by atoms with van der Waals surface area (Å²) in [5.74, 6) is -1.44. The molecule has 3 rings (SSSR count). The molecule has 0 saturated carbocycles. The van der Waals surface area contributed by atoms with E-state index < -0.39 is 29.4 Å². The van der Waals surface area contributed by atoms with Crippen molar-refractivity contribution < 1.29 is 33.9 Å². The number of urea groups is 1. The number of non-ortho nitro benzene ring substituents is 1. The lowest BCUT2D eigenvalue weighted by Crippen LogP contribution is -2.35. The van der Waals surface area contributed by atoms with Crippen LogP contribution in [0.25, 0.3) is 6.08 Å². The number of carbonyl (C=O) groups excluding carboxylic acids is 2. The van der Waals surface area contributed by atoms with Gasteiger partial charge < -0.3 is 19.9 Å². The quantitative estimate of drug-likeness (QED) is 0.240. The van der Waals surface area contributed by atoms with Gasteiger partial charge in [0.1, 0.15) is 18.8 Å². The third-order valence-electron chi connectivity index (χ3n) is 4.35. The highest BCUT2D eigenvalue weighted by Crippen LogP contribution is 2.35. The standard InChI is InChI=1S/C20H16BrN3O8/c1-31-16-7-12(6-15-19(27)23(9-18(25)26)20(28)22-15)14(21)8-17(16)32-10-11-3-2-4-13(5-11)24(29)30/h2-8H,9-10H2,1H3,(H,22,28)(H,25,26)/b15-6+. The van der Waals surface area contributed by atoms with Gasteiger partial charge in [-0.2, -0.15) is 0 Å². The molecule has 0 spiro atoms. The van der Waals surface area contributed by atoms with Gasteiger partial charge in [0.15, 0.2) is 11.5 Å². The number of hydrogen-bond donors (Lipinski definition) is 2. The number of nitrogens with zero attached hydrogens (tertiary/aromatic N) is 2. The molecule has 0 aliphatic carbocycles. The topological polar surface area (TPSA) is 148 Å². The molecule has 0 unspecified atom stereocenters. The van der Waals surface area contributed by atoms with Crippen molar-refractivity contribution >= 4 is 45.6 Å². The van der Waals surface area contributed by atoms with Crippen LogP contribution in [0.1, 0.15) is 11.1 Å². The van der Waals surface area contributed by atoms with Crippen molar-refractivity contribution in [1.82, 2.24) is 10.2 Å². The van der Waals surface area contributed by atoms with Gasteiger partial charge in [0, 0.05) is 16.6 Å². The number of imide groups is 1. The maximum Gasteiger partial charge on any atom is 0.329 e.